The first-order valence-corrected chi connectivity index (χ1v) is 14.0. The van der Waals surface area contributed by atoms with E-state index in [0.29, 0.717) is 43.3 Å². The maximum Gasteiger partial charge on any atom is 0.341 e. The lowest BCUT2D eigenvalue weighted by Crippen LogP contribution is -2.72. The van der Waals surface area contributed by atoms with E-state index in [1.165, 1.54) is 25.5 Å². The summed E-state index contributed by atoms with van der Waals surface area (Å²) in [6, 6.07) is 1.49. The summed E-state index contributed by atoms with van der Waals surface area (Å²) in [6.45, 7) is 8.60. The van der Waals surface area contributed by atoms with Crippen LogP contribution in [0, 0.1) is 28.6 Å². The molecule has 1 aromatic heterocycles. The summed E-state index contributed by atoms with van der Waals surface area (Å²) in [6.07, 6.45) is 0.811. The number of furan rings is 1. The van der Waals surface area contributed by atoms with Crippen LogP contribution in [0.2, 0.25) is 0 Å². The molecule has 0 aliphatic heterocycles. The number of rotatable bonds is 3. The summed E-state index contributed by atoms with van der Waals surface area (Å²) >= 11 is 0. The predicted molar refractivity (Wildman–Crippen MR) is 138 cm³/mol. The number of esters is 2. The van der Waals surface area contributed by atoms with Crippen molar-refractivity contribution in [2.75, 3.05) is 0 Å². The van der Waals surface area contributed by atoms with Crippen molar-refractivity contribution in [1.82, 2.24) is 0 Å². The van der Waals surface area contributed by atoms with Crippen molar-refractivity contribution in [1.29, 1.82) is 0 Å². The van der Waals surface area contributed by atoms with E-state index in [4.69, 9.17) is 13.9 Å². The highest BCUT2D eigenvalue weighted by atomic mass is 16.6. The van der Waals surface area contributed by atoms with Gasteiger partial charge in [-0.25, -0.2) is 4.79 Å². The molecule has 0 aromatic carbocycles. The Bertz CT molecular complexity index is 1180. The molecule has 1 aromatic rings. The van der Waals surface area contributed by atoms with E-state index >= 15 is 0 Å². The average Bonchev–Trinajstić information content (AvgIpc) is 3.40. The molecule has 0 amide bonds. The molecule has 0 spiro atoms. The van der Waals surface area contributed by atoms with Gasteiger partial charge in [0.05, 0.1) is 35.4 Å². The zero-order chi connectivity index (χ0) is 28.5. The molecule has 3 fully saturated rings. The lowest BCUT2D eigenvalue weighted by Gasteiger charge is -2.64. The number of carbonyl (C=O) groups excluding carboxylic acids is 3. The van der Waals surface area contributed by atoms with Crippen LogP contribution in [-0.4, -0.2) is 63.1 Å². The Labute approximate surface area is 228 Å². The Hall–Kier alpha value is -2.49. The second-order valence-corrected chi connectivity index (χ2v) is 12.9. The smallest absolute Gasteiger partial charge is 0.341 e. The number of aliphatic hydroxyl groups is 3. The lowest BCUT2D eigenvalue weighted by atomic mass is 9.44. The Morgan fingerprint density at radius 3 is 2.36 bits per heavy atom. The third kappa shape index (κ3) is 4.11. The van der Waals surface area contributed by atoms with E-state index in [1.54, 1.807) is 13.8 Å². The van der Waals surface area contributed by atoms with Crippen LogP contribution in [0.3, 0.4) is 0 Å². The monoisotopic (exact) mass is 544 g/mol. The Morgan fingerprint density at radius 1 is 1.05 bits per heavy atom. The number of carbonyl (C=O) groups is 3. The fourth-order valence-corrected chi connectivity index (χ4v) is 8.44. The van der Waals surface area contributed by atoms with E-state index in [9.17, 15) is 29.7 Å². The molecule has 0 saturated heterocycles. The van der Waals surface area contributed by atoms with Gasteiger partial charge in [0.1, 0.15) is 24.1 Å². The van der Waals surface area contributed by atoms with Crippen LogP contribution < -0.4 is 0 Å². The fourth-order valence-electron chi connectivity index (χ4n) is 8.44. The average molecular weight is 545 g/mol. The first-order valence-electron chi connectivity index (χ1n) is 14.0. The number of ketones is 1. The molecular formula is C30H40O9. The molecule has 9 atom stereocenters. The highest BCUT2D eigenvalue weighted by Crippen LogP contribution is 2.63. The van der Waals surface area contributed by atoms with E-state index in [2.05, 4.69) is 0 Å². The third-order valence-electron chi connectivity index (χ3n) is 10.7. The molecular weight excluding hydrogens is 504 g/mol. The summed E-state index contributed by atoms with van der Waals surface area (Å²) < 4.78 is 17.3. The molecule has 39 heavy (non-hydrogen) atoms. The van der Waals surface area contributed by atoms with Gasteiger partial charge in [-0.1, -0.05) is 13.8 Å². The zero-order valence-corrected chi connectivity index (χ0v) is 23.3. The molecule has 1 heterocycles. The maximum absolute atomic E-state index is 14.5. The topological polar surface area (TPSA) is 144 Å². The number of ether oxygens (including phenoxy) is 2. The quantitative estimate of drug-likeness (QED) is 0.385. The van der Waals surface area contributed by atoms with Gasteiger partial charge in [-0.2, -0.15) is 0 Å². The Kier molecular flexibility index (Phi) is 6.88. The van der Waals surface area contributed by atoms with Crippen molar-refractivity contribution in [3.05, 3.63) is 35.3 Å². The first kappa shape index (κ1) is 28.1. The van der Waals surface area contributed by atoms with Crippen molar-refractivity contribution in [2.45, 2.75) is 103 Å². The molecule has 3 saturated carbocycles. The van der Waals surface area contributed by atoms with Gasteiger partial charge < -0.3 is 29.2 Å². The molecule has 9 heteroatoms. The van der Waals surface area contributed by atoms with Gasteiger partial charge in [-0.3, -0.25) is 9.59 Å². The highest BCUT2D eigenvalue weighted by molar-refractivity contribution is 5.93. The van der Waals surface area contributed by atoms with Crippen LogP contribution in [0.15, 0.2) is 34.2 Å². The van der Waals surface area contributed by atoms with Gasteiger partial charge in [0.2, 0.25) is 0 Å². The molecule has 5 rings (SSSR count). The molecule has 214 valence electrons. The third-order valence-corrected chi connectivity index (χ3v) is 10.7. The minimum absolute atomic E-state index is 0.122. The summed E-state index contributed by atoms with van der Waals surface area (Å²) in [5.74, 6) is -2.99. The van der Waals surface area contributed by atoms with Crippen LogP contribution in [0.25, 0.3) is 0 Å². The number of fused-ring (bicyclic) bond motifs is 5. The summed E-state index contributed by atoms with van der Waals surface area (Å²) in [7, 11) is 0. The number of hydrogen-bond acceptors (Lipinski definition) is 9. The van der Waals surface area contributed by atoms with Crippen LogP contribution in [0.1, 0.15) is 83.5 Å². The van der Waals surface area contributed by atoms with Gasteiger partial charge in [0.25, 0.3) is 0 Å². The highest BCUT2D eigenvalue weighted by Gasteiger charge is 2.71. The fraction of sp³-hybridized carbons (Fsp3) is 0.700. The van der Waals surface area contributed by atoms with Gasteiger partial charge in [0, 0.05) is 12.8 Å². The van der Waals surface area contributed by atoms with Gasteiger partial charge >= 0.3 is 11.9 Å². The number of hydrogen-bond donors (Lipinski definition) is 3. The molecule has 4 aliphatic carbocycles. The molecule has 0 radical (unpaired) electrons. The van der Waals surface area contributed by atoms with Gasteiger partial charge in [-0.05, 0) is 80.9 Å². The largest absolute Gasteiger partial charge is 0.472 e. The van der Waals surface area contributed by atoms with Crippen molar-refractivity contribution in [2.24, 2.45) is 28.6 Å². The molecule has 3 N–H and O–H groups in total. The summed E-state index contributed by atoms with van der Waals surface area (Å²) in [5, 5.41) is 34.3. The van der Waals surface area contributed by atoms with E-state index < -0.39 is 64.5 Å². The normalized spacial score (nSPS) is 41.5. The Morgan fingerprint density at radius 2 is 1.77 bits per heavy atom. The van der Waals surface area contributed by atoms with Crippen molar-refractivity contribution < 1.29 is 43.6 Å². The molecule has 2 bridgehead atoms. The van der Waals surface area contributed by atoms with Gasteiger partial charge in [-0.15, -0.1) is 0 Å². The van der Waals surface area contributed by atoms with Crippen LogP contribution in [0.4, 0.5) is 0 Å². The maximum atomic E-state index is 14.5. The SMILES string of the molecule is CC(=O)O[C@@]12CC[C@@H]1C[C@H](O)[C@@]1(C)C(=O)[C@H](O)C3=C(C)[C@@H](O)C[C@H](CC[C@@H](OC(=O)c4ccoc4)[C@H]21)C3(C)C. The van der Waals surface area contributed by atoms with Gasteiger partial charge in [0.15, 0.2) is 5.78 Å². The lowest BCUT2D eigenvalue weighted by molar-refractivity contribution is -0.266. The first-order chi connectivity index (χ1) is 18.2. The van der Waals surface area contributed by atoms with Crippen molar-refractivity contribution >= 4 is 17.7 Å². The van der Waals surface area contributed by atoms with Crippen molar-refractivity contribution in [3.63, 3.8) is 0 Å². The Balaban J connectivity index is 1.70. The minimum Gasteiger partial charge on any atom is -0.472 e. The minimum atomic E-state index is -1.61. The summed E-state index contributed by atoms with van der Waals surface area (Å²) in [4.78, 5) is 40.2. The predicted octanol–water partition coefficient (Wildman–Crippen LogP) is 3.35. The number of Topliss-reactive ketones (excluding diaryl/α,β-unsaturated/α-hetero) is 1. The van der Waals surface area contributed by atoms with Crippen LogP contribution in [-0.2, 0) is 19.1 Å². The second kappa shape index (κ2) is 9.56. The second-order valence-electron chi connectivity index (χ2n) is 12.9. The molecule has 9 nitrogen and oxygen atoms in total. The van der Waals surface area contributed by atoms with Crippen LogP contribution in [0.5, 0.6) is 0 Å². The van der Waals surface area contributed by atoms with Crippen LogP contribution >= 0.6 is 0 Å². The van der Waals surface area contributed by atoms with E-state index in [1.807, 2.05) is 13.8 Å². The zero-order valence-electron chi connectivity index (χ0n) is 23.3. The van der Waals surface area contributed by atoms with E-state index in [-0.39, 0.29) is 23.8 Å². The summed E-state index contributed by atoms with van der Waals surface area (Å²) in [5.41, 5.74) is -2.10. The molecule has 0 unspecified atom stereocenters. The van der Waals surface area contributed by atoms with Crippen molar-refractivity contribution in [3.8, 4) is 0 Å². The molecule has 4 aliphatic rings. The standard InChI is InChI=1S/C30H40O9/c1-15-20(32)12-18-6-7-21(38-27(36)17-9-11-37-14-17)25-29(5,26(35)24(34)23(15)28(18,3)4)22(33)13-19-8-10-30(19,25)39-16(2)31/h9,11,14,18-22,24-25,32-34H,6-8,10,12-13H2,1-5H3/t18-,19+,20-,21+,22-,24+,25-,29+,30-/m0/s1. The number of aliphatic hydroxyl groups excluding tert-OH is 3. The van der Waals surface area contributed by atoms with E-state index in [0.717, 1.165) is 0 Å².